The number of carbonyl (C=O) groups is 1. The van der Waals surface area contributed by atoms with E-state index in [9.17, 15) is 14.7 Å². The van der Waals surface area contributed by atoms with E-state index in [2.05, 4.69) is 0 Å². The summed E-state index contributed by atoms with van der Waals surface area (Å²) in [5, 5.41) is 10.1. The molecule has 0 spiro atoms. The number of phenols is 1. The average Bonchev–Trinajstić information content (AvgIpc) is 2.68. The molecule has 0 radical (unpaired) electrons. The van der Waals surface area contributed by atoms with Crippen molar-refractivity contribution >= 4 is 22.4 Å². The third kappa shape index (κ3) is 2.99. The van der Waals surface area contributed by atoms with Crippen LogP contribution in [0.3, 0.4) is 0 Å². The Morgan fingerprint density at radius 3 is 2.58 bits per heavy atom. The lowest BCUT2D eigenvalue weighted by atomic mass is 9.99. The van der Waals surface area contributed by atoms with E-state index in [1.54, 1.807) is 35.2 Å². The van der Waals surface area contributed by atoms with Crippen LogP contribution < -0.4 is 5.63 Å². The number of hydrogen-bond donors (Lipinski definition) is 1. The van der Waals surface area contributed by atoms with E-state index in [4.69, 9.17) is 4.42 Å². The lowest BCUT2D eigenvalue weighted by molar-refractivity contribution is 0.0769. The second kappa shape index (κ2) is 6.52. The van der Waals surface area contributed by atoms with Crippen molar-refractivity contribution in [2.45, 2.75) is 6.42 Å². The normalized spacial score (nSPS) is 14.3. The van der Waals surface area contributed by atoms with Crippen molar-refractivity contribution in [2.24, 2.45) is 0 Å². The molecule has 5 nitrogen and oxygen atoms in total. The molecule has 1 aliphatic heterocycles. The van der Waals surface area contributed by atoms with Gasteiger partial charge in [0.05, 0.1) is 0 Å². The Balaban J connectivity index is 1.58. The van der Waals surface area contributed by atoms with E-state index in [0.29, 0.717) is 25.1 Å². The zero-order chi connectivity index (χ0) is 18.1. The Kier molecular flexibility index (Phi) is 4.05. The van der Waals surface area contributed by atoms with Gasteiger partial charge in [0.1, 0.15) is 16.9 Å². The van der Waals surface area contributed by atoms with Crippen molar-refractivity contribution in [3.8, 4) is 5.75 Å². The first-order valence-corrected chi connectivity index (χ1v) is 8.42. The molecule has 0 saturated carbocycles. The molecule has 0 unspecified atom stereocenters. The van der Waals surface area contributed by atoms with Crippen molar-refractivity contribution in [3.63, 3.8) is 0 Å². The van der Waals surface area contributed by atoms with E-state index in [1.165, 1.54) is 0 Å². The molecule has 2 aromatic carbocycles. The molecule has 1 amide bonds. The fourth-order valence-electron chi connectivity index (χ4n) is 3.17. The van der Waals surface area contributed by atoms with Gasteiger partial charge in [0.2, 0.25) is 0 Å². The van der Waals surface area contributed by atoms with Gasteiger partial charge in [-0.2, -0.15) is 0 Å². The molecule has 130 valence electrons. The number of rotatable bonds is 2. The topological polar surface area (TPSA) is 70.8 Å². The van der Waals surface area contributed by atoms with Gasteiger partial charge in [0.25, 0.3) is 5.91 Å². The second-order valence-corrected chi connectivity index (χ2v) is 6.26. The number of phenolic OH excluding ortho intramolecular Hbond substituents is 1. The van der Waals surface area contributed by atoms with Gasteiger partial charge in [0.15, 0.2) is 0 Å². The first kappa shape index (κ1) is 16.1. The molecule has 0 aliphatic carbocycles. The van der Waals surface area contributed by atoms with Crippen LogP contribution in [0.25, 0.3) is 16.5 Å². The summed E-state index contributed by atoms with van der Waals surface area (Å²) in [6.07, 6.45) is 2.67. The highest BCUT2D eigenvalue weighted by molar-refractivity contribution is 5.97. The van der Waals surface area contributed by atoms with Crippen molar-refractivity contribution in [3.05, 3.63) is 82.2 Å². The van der Waals surface area contributed by atoms with Crippen LogP contribution in [0.15, 0.2) is 69.9 Å². The number of carbonyl (C=O) groups excluding carboxylic acids is 1. The molecule has 0 fully saturated rings. The van der Waals surface area contributed by atoms with E-state index < -0.39 is 5.63 Å². The quantitative estimate of drug-likeness (QED) is 0.721. The zero-order valence-electron chi connectivity index (χ0n) is 14.0. The number of fused-ring (bicyclic) bond motifs is 1. The van der Waals surface area contributed by atoms with Crippen LogP contribution in [0.4, 0.5) is 0 Å². The average molecular weight is 347 g/mol. The second-order valence-electron chi connectivity index (χ2n) is 6.26. The van der Waals surface area contributed by atoms with Gasteiger partial charge >= 0.3 is 5.63 Å². The lowest BCUT2D eigenvalue weighted by Gasteiger charge is -2.26. The summed E-state index contributed by atoms with van der Waals surface area (Å²) in [4.78, 5) is 26.6. The highest BCUT2D eigenvalue weighted by atomic mass is 16.4. The van der Waals surface area contributed by atoms with Gasteiger partial charge in [-0.3, -0.25) is 4.79 Å². The minimum absolute atomic E-state index is 0.0604. The SMILES string of the molecule is O=C(c1cc2ccccc2oc1=O)N1CC=C(c2ccc(O)cc2)CC1. The Hall–Kier alpha value is -3.34. The number of para-hydroxylation sites is 1. The van der Waals surface area contributed by atoms with Crippen LogP contribution in [0, 0.1) is 0 Å². The van der Waals surface area contributed by atoms with E-state index >= 15 is 0 Å². The largest absolute Gasteiger partial charge is 0.508 e. The molecule has 4 rings (SSSR count). The molecule has 2 heterocycles. The number of benzene rings is 2. The molecule has 0 atom stereocenters. The van der Waals surface area contributed by atoms with Gasteiger partial charge in [-0.25, -0.2) is 4.79 Å². The van der Waals surface area contributed by atoms with Crippen LogP contribution in [0.5, 0.6) is 5.75 Å². The molecule has 1 aliphatic rings. The standard InChI is InChI=1S/C21H17NO4/c23-17-7-5-14(6-8-17)15-9-11-22(12-10-15)20(24)18-13-16-3-1-2-4-19(16)26-21(18)25/h1-9,13,23H,10-12H2. The minimum atomic E-state index is -0.609. The minimum Gasteiger partial charge on any atom is -0.508 e. The summed E-state index contributed by atoms with van der Waals surface area (Å²) < 4.78 is 5.26. The maximum Gasteiger partial charge on any atom is 0.349 e. The molecule has 0 bridgehead atoms. The zero-order valence-corrected chi connectivity index (χ0v) is 14.0. The molecular formula is C21H17NO4. The van der Waals surface area contributed by atoms with Gasteiger partial charge in [-0.05, 0) is 41.8 Å². The van der Waals surface area contributed by atoms with Crippen molar-refractivity contribution in [2.75, 3.05) is 13.1 Å². The van der Waals surface area contributed by atoms with Gasteiger partial charge in [0, 0.05) is 18.5 Å². The van der Waals surface area contributed by atoms with Crippen molar-refractivity contribution in [1.29, 1.82) is 0 Å². The van der Waals surface area contributed by atoms with Gasteiger partial charge < -0.3 is 14.4 Å². The Morgan fingerprint density at radius 2 is 1.85 bits per heavy atom. The Labute approximate surface area is 149 Å². The van der Waals surface area contributed by atoms with Crippen molar-refractivity contribution in [1.82, 2.24) is 4.90 Å². The van der Waals surface area contributed by atoms with Crippen molar-refractivity contribution < 1.29 is 14.3 Å². The van der Waals surface area contributed by atoms with Crippen LogP contribution in [-0.2, 0) is 0 Å². The molecule has 26 heavy (non-hydrogen) atoms. The van der Waals surface area contributed by atoms with Crippen LogP contribution in [-0.4, -0.2) is 29.0 Å². The monoisotopic (exact) mass is 347 g/mol. The first-order valence-electron chi connectivity index (χ1n) is 8.42. The summed E-state index contributed by atoms with van der Waals surface area (Å²) in [6.45, 7) is 0.957. The summed E-state index contributed by atoms with van der Waals surface area (Å²) in [7, 11) is 0. The Morgan fingerprint density at radius 1 is 1.08 bits per heavy atom. The molecule has 1 aromatic heterocycles. The molecule has 3 aromatic rings. The Bertz CT molecular complexity index is 1060. The first-order chi connectivity index (χ1) is 12.6. The number of nitrogens with zero attached hydrogens (tertiary/aromatic N) is 1. The van der Waals surface area contributed by atoms with Crippen LogP contribution in [0.1, 0.15) is 22.3 Å². The lowest BCUT2D eigenvalue weighted by Crippen LogP contribution is -2.37. The number of aromatic hydroxyl groups is 1. The van der Waals surface area contributed by atoms with E-state index in [1.807, 2.05) is 30.3 Å². The summed E-state index contributed by atoms with van der Waals surface area (Å²) in [6, 6.07) is 15.8. The van der Waals surface area contributed by atoms with Crippen LogP contribution >= 0.6 is 0 Å². The number of hydrogen-bond acceptors (Lipinski definition) is 4. The maximum absolute atomic E-state index is 12.8. The molecule has 1 N–H and O–H groups in total. The summed E-state index contributed by atoms with van der Waals surface area (Å²) in [5.74, 6) is -0.0875. The van der Waals surface area contributed by atoms with E-state index in [-0.39, 0.29) is 17.2 Å². The maximum atomic E-state index is 12.8. The fraction of sp³-hybridized carbons (Fsp3) is 0.143. The predicted molar refractivity (Wildman–Crippen MR) is 99.1 cm³/mol. The van der Waals surface area contributed by atoms with Gasteiger partial charge in [-0.15, -0.1) is 0 Å². The smallest absolute Gasteiger partial charge is 0.349 e. The molecule has 5 heteroatoms. The van der Waals surface area contributed by atoms with Gasteiger partial charge in [-0.1, -0.05) is 36.4 Å². The summed E-state index contributed by atoms with van der Waals surface area (Å²) >= 11 is 0. The predicted octanol–water partition coefficient (Wildman–Crippen LogP) is 3.43. The molecule has 0 saturated heterocycles. The van der Waals surface area contributed by atoms with E-state index in [0.717, 1.165) is 16.5 Å². The number of amides is 1. The highest BCUT2D eigenvalue weighted by Gasteiger charge is 2.22. The van der Waals surface area contributed by atoms with Crippen LogP contribution in [0.2, 0.25) is 0 Å². The molecular weight excluding hydrogens is 330 g/mol. The highest BCUT2D eigenvalue weighted by Crippen LogP contribution is 2.24. The summed E-state index contributed by atoms with van der Waals surface area (Å²) in [5.41, 5.74) is 2.08. The third-order valence-electron chi connectivity index (χ3n) is 4.61. The fourth-order valence-corrected chi connectivity index (χ4v) is 3.17. The third-order valence-corrected chi connectivity index (χ3v) is 4.61.